The van der Waals surface area contributed by atoms with E-state index in [1.165, 1.54) is 17.7 Å². The average Bonchev–Trinajstić information content (AvgIpc) is 2.79. The molecule has 0 saturated carbocycles. The van der Waals surface area contributed by atoms with Crippen LogP contribution < -0.4 is 14.8 Å². The fraction of sp³-hybridized carbons (Fsp3) is 0.240. The molecule has 0 fully saturated rings. The van der Waals surface area contributed by atoms with E-state index in [4.69, 9.17) is 4.74 Å². The van der Waals surface area contributed by atoms with Gasteiger partial charge in [-0.05, 0) is 80.8 Å². The van der Waals surface area contributed by atoms with Crippen LogP contribution in [0.5, 0.6) is 5.75 Å². The lowest BCUT2D eigenvalue weighted by atomic mass is 10.1. The molecular weight excluding hydrogens is 424 g/mol. The fourth-order valence-corrected chi connectivity index (χ4v) is 4.25. The SMILES string of the molecule is CCOc1ccc(S(=O)(=O)Nc2ccc(C(=O)NC(C)CCc3ccccc3)cc2)cc1. The van der Waals surface area contributed by atoms with Crippen molar-refractivity contribution < 1.29 is 17.9 Å². The number of nitrogens with one attached hydrogen (secondary N) is 2. The quantitative estimate of drug-likeness (QED) is 0.469. The minimum atomic E-state index is -3.74. The molecule has 6 nitrogen and oxygen atoms in total. The summed E-state index contributed by atoms with van der Waals surface area (Å²) in [4.78, 5) is 12.6. The molecule has 0 bridgehead atoms. The third kappa shape index (κ3) is 6.59. The zero-order valence-electron chi connectivity index (χ0n) is 18.2. The second-order valence-electron chi connectivity index (χ2n) is 7.49. The number of benzene rings is 3. The molecule has 0 saturated heterocycles. The summed E-state index contributed by atoms with van der Waals surface area (Å²) in [6.07, 6.45) is 1.71. The van der Waals surface area contributed by atoms with Crippen LogP contribution in [0, 0.1) is 0 Å². The molecule has 3 rings (SSSR count). The Morgan fingerprint density at radius 1 is 0.938 bits per heavy atom. The summed E-state index contributed by atoms with van der Waals surface area (Å²) in [5, 5.41) is 2.99. The van der Waals surface area contributed by atoms with Crippen LogP contribution in [0.3, 0.4) is 0 Å². The van der Waals surface area contributed by atoms with Crippen LogP contribution in [0.2, 0.25) is 0 Å². The van der Waals surface area contributed by atoms with E-state index < -0.39 is 10.0 Å². The average molecular weight is 453 g/mol. The zero-order valence-corrected chi connectivity index (χ0v) is 19.1. The Kier molecular flexibility index (Phi) is 7.89. The molecule has 1 atom stereocenters. The van der Waals surface area contributed by atoms with Crippen LogP contribution >= 0.6 is 0 Å². The van der Waals surface area contributed by atoms with Crippen molar-refractivity contribution in [2.24, 2.45) is 0 Å². The van der Waals surface area contributed by atoms with Gasteiger partial charge in [-0.25, -0.2) is 8.42 Å². The Labute approximate surface area is 189 Å². The highest BCUT2D eigenvalue weighted by atomic mass is 32.2. The molecule has 0 aliphatic heterocycles. The number of rotatable bonds is 10. The van der Waals surface area contributed by atoms with Crippen LogP contribution in [0.4, 0.5) is 5.69 Å². The second-order valence-corrected chi connectivity index (χ2v) is 9.17. The molecule has 7 heteroatoms. The van der Waals surface area contributed by atoms with E-state index >= 15 is 0 Å². The van der Waals surface area contributed by atoms with E-state index in [1.54, 1.807) is 36.4 Å². The molecule has 0 heterocycles. The number of aryl methyl sites for hydroxylation is 1. The Bertz CT molecular complexity index is 1110. The topological polar surface area (TPSA) is 84.5 Å². The first kappa shape index (κ1) is 23.3. The van der Waals surface area contributed by atoms with Crippen molar-refractivity contribution in [1.82, 2.24) is 5.32 Å². The highest BCUT2D eigenvalue weighted by Gasteiger charge is 2.15. The number of anilines is 1. The summed E-state index contributed by atoms with van der Waals surface area (Å²) in [7, 11) is -3.74. The molecular formula is C25H28N2O4S. The highest BCUT2D eigenvalue weighted by Crippen LogP contribution is 2.20. The number of ether oxygens (including phenoxy) is 1. The molecule has 3 aromatic carbocycles. The molecule has 32 heavy (non-hydrogen) atoms. The minimum Gasteiger partial charge on any atom is -0.494 e. The normalized spacial score (nSPS) is 12.1. The lowest BCUT2D eigenvalue weighted by molar-refractivity contribution is 0.0938. The number of carbonyl (C=O) groups excluding carboxylic acids is 1. The largest absolute Gasteiger partial charge is 0.494 e. The van der Waals surface area contributed by atoms with Gasteiger partial charge >= 0.3 is 0 Å². The lowest BCUT2D eigenvalue weighted by Gasteiger charge is -2.14. The Hall–Kier alpha value is -3.32. The zero-order chi connectivity index (χ0) is 23.0. The van der Waals surface area contributed by atoms with Gasteiger partial charge in [-0.15, -0.1) is 0 Å². The summed E-state index contributed by atoms with van der Waals surface area (Å²) in [6.45, 7) is 4.35. The van der Waals surface area contributed by atoms with Crippen molar-refractivity contribution in [2.75, 3.05) is 11.3 Å². The second kappa shape index (κ2) is 10.8. The van der Waals surface area contributed by atoms with Crippen molar-refractivity contribution >= 4 is 21.6 Å². The summed E-state index contributed by atoms with van der Waals surface area (Å²) in [6, 6.07) is 22.7. The predicted molar refractivity (Wildman–Crippen MR) is 127 cm³/mol. The number of amides is 1. The van der Waals surface area contributed by atoms with Crippen molar-refractivity contribution in [2.45, 2.75) is 37.6 Å². The Balaban J connectivity index is 1.56. The number of sulfonamides is 1. The molecule has 1 amide bonds. The Morgan fingerprint density at radius 3 is 2.22 bits per heavy atom. The standard InChI is InChI=1S/C25H28N2O4S/c1-3-31-23-15-17-24(18-16-23)32(29,30)27-22-13-11-21(12-14-22)25(28)26-19(2)9-10-20-7-5-4-6-8-20/h4-8,11-19,27H,3,9-10H2,1-2H3,(H,26,28). The first-order valence-electron chi connectivity index (χ1n) is 10.6. The number of hydrogen-bond acceptors (Lipinski definition) is 4. The van der Waals surface area contributed by atoms with Gasteiger partial charge in [0.1, 0.15) is 5.75 Å². The van der Waals surface area contributed by atoms with Crippen molar-refractivity contribution in [3.63, 3.8) is 0 Å². The Morgan fingerprint density at radius 2 is 1.59 bits per heavy atom. The van der Waals surface area contributed by atoms with E-state index in [2.05, 4.69) is 22.2 Å². The van der Waals surface area contributed by atoms with Crippen molar-refractivity contribution in [1.29, 1.82) is 0 Å². The summed E-state index contributed by atoms with van der Waals surface area (Å²) < 4.78 is 33.1. The van der Waals surface area contributed by atoms with Gasteiger partial charge in [0.25, 0.3) is 15.9 Å². The molecule has 0 aliphatic carbocycles. The maximum atomic E-state index is 12.6. The van der Waals surface area contributed by atoms with E-state index in [0.717, 1.165) is 12.8 Å². The smallest absolute Gasteiger partial charge is 0.261 e. The number of hydrogen-bond donors (Lipinski definition) is 2. The highest BCUT2D eigenvalue weighted by molar-refractivity contribution is 7.92. The monoisotopic (exact) mass is 452 g/mol. The van der Waals surface area contributed by atoms with Gasteiger partial charge in [0.05, 0.1) is 11.5 Å². The van der Waals surface area contributed by atoms with Crippen molar-refractivity contribution in [3.05, 3.63) is 90.0 Å². The molecule has 0 aromatic heterocycles. The molecule has 168 valence electrons. The van der Waals surface area contributed by atoms with Gasteiger partial charge in [0.2, 0.25) is 0 Å². The fourth-order valence-electron chi connectivity index (χ4n) is 3.19. The predicted octanol–water partition coefficient (Wildman–Crippen LogP) is 4.64. The van der Waals surface area contributed by atoms with Gasteiger partial charge in [-0.3, -0.25) is 9.52 Å². The lowest BCUT2D eigenvalue weighted by Crippen LogP contribution is -2.32. The van der Waals surface area contributed by atoms with Crippen LogP contribution in [0.1, 0.15) is 36.2 Å². The number of carbonyl (C=O) groups is 1. The molecule has 0 radical (unpaired) electrons. The van der Waals surface area contributed by atoms with Gasteiger partial charge < -0.3 is 10.1 Å². The van der Waals surface area contributed by atoms with Crippen LogP contribution in [0.15, 0.2) is 83.8 Å². The van der Waals surface area contributed by atoms with E-state index in [9.17, 15) is 13.2 Å². The molecule has 3 aromatic rings. The van der Waals surface area contributed by atoms with E-state index in [-0.39, 0.29) is 16.8 Å². The first-order valence-corrected chi connectivity index (χ1v) is 12.1. The van der Waals surface area contributed by atoms with Gasteiger partial charge in [-0.2, -0.15) is 0 Å². The summed E-state index contributed by atoms with van der Waals surface area (Å²) in [5.74, 6) is 0.422. The summed E-state index contributed by atoms with van der Waals surface area (Å²) >= 11 is 0. The van der Waals surface area contributed by atoms with Gasteiger partial charge in [0, 0.05) is 17.3 Å². The van der Waals surface area contributed by atoms with Crippen LogP contribution in [-0.4, -0.2) is 27.0 Å². The molecule has 2 N–H and O–H groups in total. The summed E-state index contributed by atoms with van der Waals surface area (Å²) in [5.41, 5.74) is 2.09. The van der Waals surface area contributed by atoms with Crippen molar-refractivity contribution in [3.8, 4) is 5.75 Å². The van der Waals surface area contributed by atoms with E-state index in [1.807, 2.05) is 32.0 Å². The van der Waals surface area contributed by atoms with E-state index in [0.29, 0.717) is 23.6 Å². The molecule has 1 unspecified atom stereocenters. The molecule has 0 aliphatic rings. The maximum absolute atomic E-state index is 12.6. The third-order valence-corrected chi connectivity index (χ3v) is 6.33. The van der Waals surface area contributed by atoms with Crippen LogP contribution in [-0.2, 0) is 16.4 Å². The maximum Gasteiger partial charge on any atom is 0.261 e. The third-order valence-electron chi connectivity index (χ3n) is 4.93. The van der Waals surface area contributed by atoms with Gasteiger partial charge in [-0.1, -0.05) is 30.3 Å². The molecule has 0 spiro atoms. The first-order chi connectivity index (χ1) is 15.4. The minimum absolute atomic E-state index is 0.0144. The van der Waals surface area contributed by atoms with Crippen LogP contribution in [0.25, 0.3) is 0 Å². The van der Waals surface area contributed by atoms with Gasteiger partial charge in [0.15, 0.2) is 0 Å².